The van der Waals surface area contributed by atoms with Gasteiger partial charge in [0, 0.05) is 0 Å². The molecule has 0 N–H and O–H groups in total. The Hall–Kier alpha value is -3.02. The maximum absolute atomic E-state index is 13.6. The second kappa shape index (κ2) is 9.63. The Kier molecular flexibility index (Phi) is 6.68. The van der Waals surface area contributed by atoms with Crippen molar-refractivity contribution in [3.63, 3.8) is 0 Å². The third-order valence-corrected chi connectivity index (χ3v) is 5.91. The van der Waals surface area contributed by atoms with Crippen molar-refractivity contribution in [2.75, 3.05) is 20.6 Å². The number of ether oxygens (including phenoxy) is 2. The van der Waals surface area contributed by atoms with Crippen LogP contribution in [0.5, 0.6) is 0 Å². The molecule has 0 aromatic heterocycles. The van der Waals surface area contributed by atoms with Crippen LogP contribution >= 0.6 is 0 Å². The van der Waals surface area contributed by atoms with E-state index in [0.29, 0.717) is 12.2 Å². The van der Waals surface area contributed by atoms with E-state index in [1.807, 2.05) is 56.6 Å². The van der Waals surface area contributed by atoms with Crippen molar-refractivity contribution >= 4 is 5.97 Å². The van der Waals surface area contributed by atoms with Crippen LogP contribution in [0, 0.1) is 5.82 Å². The predicted molar refractivity (Wildman–Crippen MR) is 122 cm³/mol. The van der Waals surface area contributed by atoms with Crippen molar-refractivity contribution < 1.29 is 18.7 Å². The second-order valence-electron chi connectivity index (χ2n) is 8.46. The lowest BCUT2D eigenvalue weighted by atomic mass is 9.81. The third-order valence-electron chi connectivity index (χ3n) is 5.91. The molecule has 0 aliphatic carbocycles. The van der Waals surface area contributed by atoms with Crippen molar-refractivity contribution in [1.82, 2.24) is 4.90 Å². The fraction of sp³-hybridized carbons (Fsp3) is 0.296. The smallest absolute Gasteiger partial charge is 0.338 e. The summed E-state index contributed by atoms with van der Waals surface area (Å²) in [6.45, 7) is 1.55. The molecule has 1 aliphatic rings. The van der Waals surface area contributed by atoms with Gasteiger partial charge in [0.2, 0.25) is 0 Å². The largest absolute Gasteiger partial charge is 0.457 e. The number of hydrogen-bond acceptors (Lipinski definition) is 4. The molecular weight excluding hydrogens is 405 g/mol. The molecule has 3 aromatic carbocycles. The summed E-state index contributed by atoms with van der Waals surface area (Å²) in [4.78, 5) is 14.8. The third kappa shape index (κ3) is 4.74. The van der Waals surface area contributed by atoms with Crippen LogP contribution in [0.1, 0.15) is 45.5 Å². The summed E-state index contributed by atoms with van der Waals surface area (Å²) in [7, 11) is 4.09. The van der Waals surface area contributed by atoms with Gasteiger partial charge in [-0.3, -0.25) is 0 Å². The molecule has 166 valence electrons. The van der Waals surface area contributed by atoms with Crippen LogP contribution in [0.4, 0.5) is 4.39 Å². The molecule has 1 atom stereocenters. The molecule has 0 spiro atoms. The highest BCUT2D eigenvalue weighted by molar-refractivity contribution is 5.89. The van der Waals surface area contributed by atoms with E-state index in [2.05, 4.69) is 4.90 Å². The van der Waals surface area contributed by atoms with Crippen LogP contribution in [0.2, 0.25) is 0 Å². The Bertz CT molecular complexity index is 1070. The zero-order valence-corrected chi connectivity index (χ0v) is 18.5. The SMILES string of the molecule is CN(C)CCC[C@@]1(c2ccc(F)cc2)OCc2cc(C(=O)OCc3ccccc3)ccc21. The van der Waals surface area contributed by atoms with Crippen molar-refractivity contribution in [3.05, 3.63) is 106 Å². The van der Waals surface area contributed by atoms with Gasteiger partial charge < -0.3 is 14.4 Å². The predicted octanol–water partition coefficient (Wildman–Crippen LogP) is 5.30. The highest BCUT2D eigenvalue weighted by Crippen LogP contribution is 2.45. The van der Waals surface area contributed by atoms with E-state index in [0.717, 1.165) is 41.6 Å². The van der Waals surface area contributed by atoms with Crippen LogP contribution in [-0.4, -0.2) is 31.5 Å². The van der Waals surface area contributed by atoms with Gasteiger partial charge in [0.1, 0.15) is 18.0 Å². The van der Waals surface area contributed by atoms with E-state index in [-0.39, 0.29) is 18.4 Å². The highest BCUT2D eigenvalue weighted by Gasteiger charge is 2.41. The van der Waals surface area contributed by atoms with Crippen molar-refractivity contribution in [2.45, 2.75) is 31.7 Å². The Morgan fingerprint density at radius 2 is 1.81 bits per heavy atom. The average molecular weight is 434 g/mol. The van der Waals surface area contributed by atoms with E-state index < -0.39 is 5.60 Å². The van der Waals surface area contributed by atoms with Crippen molar-refractivity contribution in [3.8, 4) is 0 Å². The molecular formula is C27H28FNO3. The van der Waals surface area contributed by atoms with E-state index in [1.54, 1.807) is 18.2 Å². The Morgan fingerprint density at radius 3 is 2.53 bits per heavy atom. The molecule has 0 saturated carbocycles. The van der Waals surface area contributed by atoms with Gasteiger partial charge in [-0.15, -0.1) is 0 Å². The maximum Gasteiger partial charge on any atom is 0.338 e. The molecule has 0 unspecified atom stereocenters. The number of halogens is 1. The minimum absolute atomic E-state index is 0.233. The van der Waals surface area contributed by atoms with Crippen molar-refractivity contribution in [1.29, 1.82) is 0 Å². The molecule has 4 nitrogen and oxygen atoms in total. The number of fused-ring (bicyclic) bond motifs is 1. The first-order valence-electron chi connectivity index (χ1n) is 10.9. The maximum atomic E-state index is 13.6. The lowest BCUT2D eigenvalue weighted by Gasteiger charge is -2.31. The van der Waals surface area contributed by atoms with Gasteiger partial charge in [0.15, 0.2) is 0 Å². The topological polar surface area (TPSA) is 38.8 Å². The summed E-state index contributed by atoms with van der Waals surface area (Å²) in [6, 6.07) is 21.8. The zero-order chi connectivity index (χ0) is 22.6. The molecule has 1 aliphatic heterocycles. The number of carbonyl (C=O) groups excluding carboxylic acids is 1. The molecule has 5 heteroatoms. The molecule has 1 heterocycles. The first-order chi connectivity index (χ1) is 15.5. The van der Waals surface area contributed by atoms with E-state index in [9.17, 15) is 9.18 Å². The van der Waals surface area contributed by atoms with Gasteiger partial charge in [-0.05, 0) is 80.0 Å². The summed E-state index contributed by atoms with van der Waals surface area (Å²) in [6.07, 6.45) is 1.69. The Balaban J connectivity index is 1.58. The number of nitrogens with zero attached hydrogens (tertiary/aromatic N) is 1. The first-order valence-corrected chi connectivity index (χ1v) is 10.9. The standard InChI is InChI=1S/C27H28FNO3/c1-29(2)16-6-15-27(23-10-12-24(28)13-11-23)25-14-9-21(17-22(25)19-32-27)26(30)31-18-20-7-4-3-5-8-20/h3-5,7-14,17H,6,15-16,18-19H2,1-2H3/t27-/m0/s1. The second-order valence-corrected chi connectivity index (χ2v) is 8.46. The van der Waals surface area contributed by atoms with Gasteiger partial charge in [0.25, 0.3) is 0 Å². The van der Waals surface area contributed by atoms with Crippen molar-refractivity contribution in [2.24, 2.45) is 0 Å². The molecule has 32 heavy (non-hydrogen) atoms. The fourth-order valence-electron chi connectivity index (χ4n) is 4.27. The summed E-state index contributed by atoms with van der Waals surface area (Å²) in [5, 5.41) is 0. The molecule has 0 saturated heterocycles. The molecule has 0 radical (unpaired) electrons. The quantitative estimate of drug-likeness (QED) is 0.452. The fourth-order valence-corrected chi connectivity index (χ4v) is 4.27. The number of benzene rings is 3. The molecule has 4 rings (SSSR count). The molecule has 0 bridgehead atoms. The minimum atomic E-state index is -0.647. The highest BCUT2D eigenvalue weighted by atomic mass is 19.1. The normalized spacial score (nSPS) is 17.4. The lowest BCUT2D eigenvalue weighted by Crippen LogP contribution is -2.28. The van der Waals surface area contributed by atoms with Gasteiger partial charge >= 0.3 is 5.97 Å². The number of hydrogen-bond donors (Lipinski definition) is 0. The number of carbonyl (C=O) groups is 1. The molecule has 0 fully saturated rings. The van der Waals surface area contributed by atoms with Gasteiger partial charge in [0.05, 0.1) is 12.2 Å². The summed E-state index contributed by atoms with van der Waals surface area (Å²) >= 11 is 0. The van der Waals surface area contributed by atoms with Crippen LogP contribution < -0.4 is 0 Å². The van der Waals surface area contributed by atoms with Crippen LogP contribution in [0.25, 0.3) is 0 Å². The van der Waals surface area contributed by atoms with E-state index >= 15 is 0 Å². The number of esters is 1. The van der Waals surface area contributed by atoms with Crippen LogP contribution in [0.3, 0.4) is 0 Å². The Labute approximate surface area is 188 Å². The van der Waals surface area contributed by atoms with Gasteiger partial charge in [-0.1, -0.05) is 48.5 Å². The summed E-state index contributed by atoms with van der Waals surface area (Å²) in [5.74, 6) is -0.629. The summed E-state index contributed by atoms with van der Waals surface area (Å²) < 4.78 is 25.5. The van der Waals surface area contributed by atoms with Gasteiger partial charge in [-0.25, -0.2) is 9.18 Å². The van der Waals surface area contributed by atoms with E-state index in [4.69, 9.17) is 9.47 Å². The van der Waals surface area contributed by atoms with E-state index in [1.165, 1.54) is 12.1 Å². The zero-order valence-electron chi connectivity index (χ0n) is 18.5. The number of rotatable bonds is 8. The van der Waals surface area contributed by atoms with Crippen LogP contribution in [-0.2, 0) is 28.3 Å². The molecule has 3 aromatic rings. The monoisotopic (exact) mass is 433 g/mol. The Morgan fingerprint density at radius 1 is 1.06 bits per heavy atom. The first kappa shape index (κ1) is 22.2. The molecule has 0 amide bonds. The van der Waals surface area contributed by atoms with Gasteiger partial charge in [-0.2, -0.15) is 0 Å². The summed E-state index contributed by atoms with van der Waals surface area (Å²) in [5.41, 5.74) is 3.73. The average Bonchev–Trinajstić information content (AvgIpc) is 3.17. The minimum Gasteiger partial charge on any atom is -0.457 e. The van der Waals surface area contributed by atoms with Crippen LogP contribution in [0.15, 0.2) is 72.8 Å². The lowest BCUT2D eigenvalue weighted by molar-refractivity contribution is -0.0140.